The van der Waals surface area contributed by atoms with Gasteiger partial charge in [0.05, 0.1) is 17.5 Å². The molecule has 1 fully saturated rings. The molecule has 1 aromatic rings. The van der Waals surface area contributed by atoms with Gasteiger partial charge < -0.3 is 10.1 Å². The van der Waals surface area contributed by atoms with Crippen molar-refractivity contribution in [3.63, 3.8) is 0 Å². The van der Waals surface area contributed by atoms with Crippen molar-refractivity contribution in [2.24, 2.45) is 0 Å². The molecule has 1 amide bonds. The van der Waals surface area contributed by atoms with E-state index in [1.807, 2.05) is 6.07 Å². The number of nitrogens with one attached hydrogen (secondary N) is 1. The molecule has 1 N–H and O–H groups in total. The highest BCUT2D eigenvalue weighted by molar-refractivity contribution is 7.88. The molecule has 2 rings (SSSR count). The minimum absolute atomic E-state index is 0.259. The molecule has 0 aliphatic carbocycles. The third-order valence-corrected chi connectivity index (χ3v) is 5.16. The smallest absolute Gasteiger partial charge is 0.325 e. The van der Waals surface area contributed by atoms with Gasteiger partial charge in [0.25, 0.3) is 5.91 Å². The van der Waals surface area contributed by atoms with Crippen LogP contribution in [0.4, 0.5) is 5.69 Å². The van der Waals surface area contributed by atoms with E-state index in [0.717, 1.165) is 10.6 Å². The Morgan fingerprint density at radius 2 is 2.08 bits per heavy atom. The van der Waals surface area contributed by atoms with Crippen LogP contribution in [-0.4, -0.2) is 49.5 Å². The highest BCUT2D eigenvalue weighted by Crippen LogP contribution is 2.22. The molecule has 1 aromatic carbocycles. The second-order valence-corrected chi connectivity index (χ2v) is 7.69. The molecule has 0 aromatic heterocycles. The molecule has 1 heterocycles. The van der Waals surface area contributed by atoms with E-state index in [-0.39, 0.29) is 12.1 Å². The molecule has 0 radical (unpaired) electrons. The SMILES string of the molecule is C[C@@H](OC(=O)[C@H]1CCCN1S(C)(=O)=O)C(=O)Nc1ccccc1C#N. The number of sulfonamides is 1. The van der Waals surface area contributed by atoms with Gasteiger partial charge in [-0.1, -0.05) is 12.1 Å². The fraction of sp³-hybridized carbons (Fsp3) is 0.438. The second kappa shape index (κ2) is 7.63. The van der Waals surface area contributed by atoms with Crippen molar-refractivity contribution in [3.05, 3.63) is 29.8 Å². The molecule has 0 unspecified atom stereocenters. The van der Waals surface area contributed by atoms with Crippen LogP contribution in [0.2, 0.25) is 0 Å². The lowest BCUT2D eigenvalue weighted by molar-refractivity contribution is -0.156. The van der Waals surface area contributed by atoms with Gasteiger partial charge in [-0.15, -0.1) is 0 Å². The maximum atomic E-state index is 12.2. The largest absolute Gasteiger partial charge is 0.451 e. The summed E-state index contributed by atoms with van der Waals surface area (Å²) in [4.78, 5) is 24.4. The summed E-state index contributed by atoms with van der Waals surface area (Å²) in [6, 6.07) is 7.49. The Hall–Kier alpha value is -2.44. The summed E-state index contributed by atoms with van der Waals surface area (Å²) in [5.74, 6) is -1.35. The summed E-state index contributed by atoms with van der Waals surface area (Å²) in [6.45, 7) is 1.65. The van der Waals surface area contributed by atoms with Gasteiger partial charge in [-0.2, -0.15) is 9.57 Å². The zero-order valence-electron chi connectivity index (χ0n) is 13.9. The number of carbonyl (C=O) groups is 2. The third-order valence-electron chi connectivity index (χ3n) is 3.87. The highest BCUT2D eigenvalue weighted by Gasteiger charge is 2.38. The number of ether oxygens (including phenoxy) is 1. The molecule has 0 spiro atoms. The number of anilines is 1. The van der Waals surface area contributed by atoms with Crippen molar-refractivity contribution in [3.8, 4) is 6.07 Å². The minimum atomic E-state index is -3.51. The zero-order chi connectivity index (χ0) is 18.6. The van der Waals surface area contributed by atoms with E-state index in [4.69, 9.17) is 10.00 Å². The first-order chi connectivity index (χ1) is 11.7. The first kappa shape index (κ1) is 18.9. The molecule has 0 bridgehead atoms. The van der Waals surface area contributed by atoms with Crippen molar-refractivity contribution in [2.45, 2.75) is 31.9 Å². The molecular formula is C16H19N3O5S. The summed E-state index contributed by atoms with van der Waals surface area (Å²) < 4.78 is 29.6. The van der Waals surface area contributed by atoms with E-state index >= 15 is 0 Å². The van der Waals surface area contributed by atoms with Crippen LogP contribution in [0.25, 0.3) is 0 Å². The van der Waals surface area contributed by atoms with Gasteiger partial charge in [0.15, 0.2) is 6.10 Å². The van der Waals surface area contributed by atoms with Crippen LogP contribution in [0.15, 0.2) is 24.3 Å². The topological polar surface area (TPSA) is 117 Å². The number of rotatable bonds is 5. The molecule has 0 saturated carbocycles. The van der Waals surface area contributed by atoms with Crippen molar-refractivity contribution in [1.82, 2.24) is 4.31 Å². The van der Waals surface area contributed by atoms with Crippen molar-refractivity contribution in [1.29, 1.82) is 5.26 Å². The molecule has 9 heteroatoms. The van der Waals surface area contributed by atoms with Crippen LogP contribution in [0.1, 0.15) is 25.3 Å². The molecule has 134 valence electrons. The van der Waals surface area contributed by atoms with E-state index < -0.39 is 34.0 Å². The van der Waals surface area contributed by atoms with Crippen molar-refractivity contribution >= 4 is 27.6 Å². The summed E-state index contributed by atoms with van der Waals surface area (Å²) >= 11 is 0. The monoisotopic (exact) mass is 365 g/mol. The molecule has 1 aliphatic rings. The zero-order valence-corrected chi connectivity index (χ0v) is 14.7. The van der Waals surface area contributed by atoms with Crippen LogP contribution in [-0.2, 0) is 24.3 Å². The van der Waals surface area contributed by atoms with E-state index in [1.165, 1.54) is 6.92 Å². The van der Waals surface area contributed by atoms with Gasteiger partial charge in [0.2, 0.25) is 10.0 Å². The summed E-state index contributed by atoms with van der Waals surface area (Å²) in [5.41, 5.74) is 0.602. The number of benzene rings is 1. The fourth-order valence-corrected chi connectivity index (χ4v) is 3.72. The van der Waals surface area contributed by atoms with E-state index in [9.17, 15) is 18.0 Å². The van der Waals surface area contributed by atoms with Gasteiger partial charge in [-0.25, -0.2) is 8.42 Å². The Bertz CT molecular complexity index is 815. The van der Waals surface area contributed by atoms with Gasteiger partial charge in [-0.3, -0.25) is 9.59 Å². The highest BCUT2D eigenvalue weighted by atomic mass is 32.2. The first-order valence-electron chi connectivity index (χ1n) is 7.71. The average Bonchev–Trinajstić information content (AvgIpc) is 3.05. The van der Waals surface area contributed by atoms with Crippen molar-refractivity contribution in [2.75, 3.05) is 18.1 Å². The minimum Gasteiger partial charge on any atom is -0.451 e. The molecule has 1 aliphatic heterocycles. The quantitative estimate of drug-likeness (QED) is 0.773. The maximum Gasteiger partial charge on any atom is 0.325 e. The van der Waals surface area contributed by atoms with Gasteiger partial charge >= 0.3 is 5.97 Å². The van der Waals surface area contributed by atoms with Crippen LogP contribution in [0.3, 0.4) is 0 Å². The molecule has 25 heavy (non-hydrogen) atoms. The van der Waals surface area contributed by atoms with Crippen LogP contribution in [0, 0.1) is 11.3 Å². The number of hydrogen-bond acceptors (Lipinski definition) is 6. The van der Waals surface area contributed by atoms with Gasteiger partial charge in [-0.05, 0) is 31.9 Å². The van der Waals surface area contributed by atoms with E-state index in [2.05, 4.69) is 5.32 Å². The lowest BCUT2D eigenvalue weighted by atomic mass is 10.2. The lowest BCUT2D eigenvalue weighted by Gasteiger charge is -2.22. The molecule has 1 saturated heterocycles. The van der Waals surface area contributed by atoms with E-state index in [1.54, 1.807) is 24.3 Å². The Balaban J connectivity index is 2.01. The predicted molar refractivity (Wildman–Crippen MR) is 89.9 cm³/mol. The Labute approximate surface area is 146 Å². The Morgan fingerprint density at radius 3 is 2.72 bits per heavy atom. The van der Waals surface area contributed by atoms with Crippen LogP contribution >= 0.6 is 0 Å². The third kappa shape index (κ3) is 4.55. The number of esters is 1. The predicted octanol–water partition coefficient (Wildman–Crippen LogP) is 0.852. The number of nitriles is 1. The van der Waals surface area contributed by atoms with Crippen molar-refractivity contribution < 1.29 is 22.7 Å². The summed E-state index contributed by atoms with van der Waals surface area (Å²) in [6.07, 6.45) is 0.829. The molecule has 8 nitrogen and oxygen atoms in total. The number of carbonyl (C=O) groups excluding carboxylic acids is 2. The molecular weight excluding hydrogens is 346 g/mol. The average molecular weight is 365 g/mol. The van der Waals surface area contributed by atoms with Crippen LogP contribution < -0.4 is 5.32 Å². The first-order valence-corrected chi connectivity index (χ1v) is 9.56. The number of para-hydroxylation sites is 1. The summed E-state index contributed by atoms with van der Waals surface area (Å²) in [7, 11) is -3.51. The maximum absolute atomic E-state index is 12.2. The van der Waals surface area contributed by atoms with Gasteiger partial charge in [0.1, 0.15) is 12.1 Å². The lowest BCUT2D eigenvalue weighted by Crippen LogP contribution is -2.43. The fourth-order valence-electron chi connectivity index (χ4n) is 2.60. The number of nitrogens with zero attached hydrogens (tertiary/aromatic N) is 2. The summed E-state index contributed by atoms with van der Waals surface area (Å²) in [5, 5.41) is 11.5. The second-order valence-electron chi connectivity index (χ2n) is 5.76. The molecule has 2 atom stereocenters. The Kier molecular flexibility index (Phi) is 5.77. The normalized spacial score (nSPS) is 19.0. The standard InChI is InChI=1S/C16H19N3O5S/c1-11(15(20)18-13-7-4-3-6-12(13)10-17)24-16(21)14-8-5-9-19(14)25(2,22)23/h3-4,6-7,11,14H,5,8-9H2,1-2H3,(H,18,20)/t11-,14-/m1/s1. The number of amides is 1. The van der Waals surface area contributed by atoms with E-state index in [0.29, 0.717) is 18.5 Å². The van der Waals surface area contributed by atoms with Crippen LogP contribution in [0.5, 0.6) is 0 Å². The van der Waals surface area contributed by atoms with Gasteiger partial charge in [0, 0.05) is 6.54 Å². The number of hydrogen-bond donors (Lipinski definition) is 1. The Morgan fingerprint density at radius 1 is 1.40 bits per heavy atom.